The number of halogens is 1. The molecule has 1 aromatic carbocycles. The maximum atomic E-state index is 5.96. The van der Waals surface area contributed by atoms with Crippen LogP contribution in [0.5, 0.6) is 0 Å². The van der Waals surface area contributed by atoms with E-state index in [2.05, 4.69) is 44.3 Å². The Labute approximate surface area is 162 Å². The predicted molar refractivity (Wildman–Crippen MR) is 106 cm³/mol. The number of nitrogens with zero attached hydrogens (tertiary/aromatic N) is 4. The molecule has 26 heavy (non-hydrogen) atoms. The minimum Gasteiger partial charge on any atom is -0.337 e. The molecule has 1 fully saturated rings. The third-order valence-corrected chi connectivity index (χ3v) is 5.89. The normalized spacial score (nSPS) is 18.3. The van der Waals surface area contributed by atoms with Gasteiger partial charge in [0.15, 0.2) is 0 Å². The van der Waals surface area contributed by atoms with Crippen molar-refractivity contribution >= 4 is 22.9 Å². The van der Waals surface area contributed by atoms with E-state index in [0.717, 1.165) is 54.1 Å². The number of hydrogen-bond donors (Lipinski definition) is 1. The van der Waals surface area contributed by atoms with E-state index in [-0.39, 0.29) is 6.04 Å². The number of thiazole rings is 1. The first-order valence-electron chi connectivity index (χ1n) is 8.79. The van der Waals surface area contributed by atoms with E-state index in [0.29, 0.717) is 0 Å². The molecule has 1 N–H and O–H groups in total. The molecule has 4 rings (SSSR count). The third-order valence-electron chi connectivity index (χ3n) is 4.74. The lowest BCUT2D eigenvalue weighted by molar-refractivity contribution is 0.143. The summed E-state index contributed by atoms with van der Waals surface area (Å²) in [5.41, 5.74) is 2.38. The monoisotopic (exact) mass is 387 g/mol. The highest BCUT2D eigenvalue weighted by atomic mass is 35.5. The lowest BCUT2D eigenvalue weighted by atomic mass is 10.1. The summed E-state index contributed by atoms with van der Waals surface area (Å²) in [6.45, 7) is 3.78. The van der Waals surface area contributed by atoms with Gasteiger partial charge in [-0.15, -0.1) is 11.3 Å². The first kappa shape index (κ1) is 17.7. The summed E-state index contributed by atoms with van der Waals surface area (Å²) < 4.78 is 2.11. The molecule has 2 aromatic heterocycles. The van der Waals surface area contributed by atoms with Crippen LogP contribution in [0.25, 0.3) is 0 Å². The van der Waals surface area contributed by atoms with Crippen LogP contribution in [0, 0.1) is 0 Å². The Morgan fingerprint density at radius 2 is 2.15 bits per heavy atom. The smallest absolute Gasteiger partial charge is 0.127 e. The van der Waals surface area contributed by atoms with Crippen molar-refractivity contribution in [2.75, 3.05) is 19.6 Å². The Morgan fingerprint density at radius 1 is 1.31 bits per heavy atom. The SMILES string of the molecule is Cn1ccnc1C1CNCCN1Cc1csc(Cc2ccc(Cl)cc2)n1. The van der Waals surface area contributed by atoms with Gasteiger partial charge in [-0.1, -0.05) is 23.7 Å². The zero-order valence-electron chi connectivity index (χ0n) is 14.7. The topological polar surface area (TPSA) is 46.0 Å². The summed E-state index contributed by atoms with van der Waals surface area (Å²) >= 11 is 7.70. The van der Waals surface area contributed by atoms with E-state index in [9.17, 15) is 0 Å². The molecule has 0 radical (unpaired) electrons. The molecular weight excluding hydrogens is 366 g/mol. The molecule has 1 saturated heterocycles. The number of imidazole rings is 1. The van der Waals surface area contributed by atoms with Crippen molar-refractivity contribution in [3.63, 3.8) is 0 Å². The van der Waals surface area contributed by atoms with Crippen LogP contribution in [0.1, 0.15) is 28.1 Å². The van der Waals surface area contributed by atoms with E-state index in [4.69, 9.17) is 16.6 Å². The number of aromatic nitrogens is 3. The number of hydrogen-bond acceptors (Lipinski definition) is 5. The van der Waals surface area contributed by atoms with Crippen LogP contribution in [-0.4, -0.2) is 39.1 Å². The van der Waals surface area contributed by atoms with Crippen molar-refractivity contribution in [1.82, 2.24) is 24.8 Å². The molecule has 1 unspecified atom stereocenters. The molecule has 1 aliphatic rings. The Kier molecular flexibility index (Phi) is 5.36. The Hall–Kier alpha value is -1.73. The Balaban J connectivity index is 1.45. The maximum absolute atomic E-state index is 5.96. The van der Waals surface area contributed by atoms with Gasteiger partial charge in [0, 0.05) is 62.4 Å². The van der Waals surface area contributed by atoms with Gasteiger partial charge in [0.2, 0.25) is 0 Å². The fraction of sp³-hybridized carbons (Fsp3) is 0.368. The van der Waals surface area contributed by atoms with Crippen molar-refractivity contribution in [2.24, 2.45) is 7.05 Å². The van der Waals surface area contributed by atoms with Crippen LogP contribution in [0.15, 0.2) is 42.0 Å². The third kappa shape index (κ3) is 3.99. The van der Waals surface area contributed by atoms with Crippen molar-refractivity contribution in [1.29, 1.82) is 0 Å². The Morgan fingerprint density at radius 3 is 2.92 bits per heavy atom. The van der Waals surface area contributed by atoms with Gasteiger partial charge in [-0.2, -0.15) is 0 Å². The first-order chi connectivity index (χ1) is 12.7. The number of aryl methyl sites for hydroxylation is 1. The van der Waals surface area contributed by atoms with E-state index < -0.39 is 0 Å². The molecule has 5 nitrogen and oxygen atoms in total. The summed E-state index contributed by atoms with van der Waals surface area (Å²) in [5, 5.41) is 7.58. The molecule has 0 aliphatic carbocycles. The molecule has 1 aliphatic heterocycles. The van der Waals surface area contributed by atoms with Crippen LogP contribution >= 0.6 is 22.9 Å². The van der Waals surface area contributed by atoms with E-state index >= 15 is 0 Å². The highest BCUT2D eigenvalue weighted by Gasteiger charge is 2.27. The molecule has 0 spiro atoms. The quantitative estimate of drug-likeness (QED) is 0.729. The largest absolute Gasteiger partial charge is 0.337 e. The molecule has 3 heterocycles. The molecule has 136 valence electrons. The van der Waals surface area contributed by atoms with Gasteiger partial charge >= 0.3 is 0 Å². The van der Waals surface area contributed by atoms with Crippen LogP contribution in [0.4, 0.5) is 0 Å². The lowest BCUT2D eigenvalue weighted by Crippen LogP contribution is -2.46. The van der Waals surface area contributed by atoms with Gasteiger partial charge in [-0.25, -0.2) is 9.97 Å². The second-order valence-corrected chi connectivity index (χ2v) is 8.00. The van der Waals surface area contributed by atoms with Crippen molar-refractivity contribution in [3.8, 4) is 0 Å². The van der Waals surface area contributed by atoms with Gasteiger partial charge in [0.1, 0.15) is 5.82 Å². The fourth-order valence-corrected chi connectivity index (χ4v) is 4.32. The summed E-state index contributed by atoms with van der Waals surface area (Å²) in [6.07, 6.45) is 4.73. The number of nitrogens with one attached hydrogen (secondary N) is 1. The predicted octanol–water partition coefficient (Wildman–Crippen LogP) is 3.27. The summed E-state index contributed by atoms with van der Waals surface area (Å²) in [5.74, 6) is 1.11. The number of benzene rings is 1. The van der Waals surface area contributed by atoms with Gasteiger partial charge in [-0.05, 0) is 17.7 Å². The van der Waals surface area contributed by atoms with Gasteiger partial charge in [0.05, 0.1) is 16.7 Å². The van der Waals surface area contributed by atoms with Crippen LogP contribution in [0.3, 0.4) is 0 Å². The molecule has 0 saturated carbocycles. The van der Waals surface area contributed by atoms with Crippen LogP contribution in [0.2, 0.25) is 5.02 Å². The standard InChI is InChI=1S/C19H22ClN5S/c1-24-8-7-22-19(24)17-11-21-6-9-25(17)12-16-13-26-18(23-16)10-14-2-4-15(20)5-3-14/h2-5,7-8,13,17,21H,6,9-12H2,1H3. The summed E-state index contributed by atoms with van der Waals surface area (Å²) in [4.78, 5) is 11.9. The fourth-order valence-electron chi connectivity index (χ4n) is 3.38. The van der Waals surface area contributed by atoms with Gasteiger partial charge in [0.25, 0.3) is 0 Å². The average Bonchev–Trinajstić information content (AvgIpc) is 3.26. The average molecular weight is 388 g/mol. The first-order valence-corrected chi connectivity index (χ1v) is 10.0. The van der Waals surface area contributed by atoms with E-state index in [1.54, 1.807) is 11.3 Å². The van der Waals surface area contributed by atoms with E-state index in [1.807, 2.05) is 24.5 Å². The molecule has 0 bridgehead atoms. The molecule has 7 heteroatoms. The second-order valence-electron chi connectivity index (χ2n) is 6.62. The van der Waals surface area contributed by atoms with Crippen molar-refractivity contribution in [3.05, 3.63) is 69.2 Å². The minimum absolute atomic E-state index is 0.283. The lowest BCUT2D eigenvalue weighted by Gasteiger charge is -2.35. The molecule has 3 aromatic rings. The molecule has 1 atom stereocenters. The number of piperazine rings is 1. The zero-order valence-corrected chi connectivity index (χ0v) is 16.3. The highest BCUT2D eigenvalue weighted by Crippen LogP contribution is 2.24. The summed E-state index contributed by atoms with van der Waals surface area (Å²) in [7, 11) is 2.06. The van der Waals surface area contributed by atoms with Crippen molar-refractivity contribution < 1.29 is 0 Å². The zero-order chi connectivity index (χ0) is 17.9. The maximum Gasteiger partial charge on any atom is 0.127 e. The van der Waals surface area contributed by atoms with Crippen LogP contribution in [-0.2, 0) is 20.0 Å². The second kappa shape index (κ2) is 7.88. The summed E-state index contributed by atoms with van der Waals surface area (Å²) in [6, 6.07) is 8.28. The molecular formula is C19H22ClN5S. The van der Waals surface area contributed by atoms with Crippen LogP contribution < -0.4 is 5.32 Å². The van der Waals surface area contributed by atoms with Gasteiger partial charge < -0.3 is 9.88 Å². The highest BCUT2D eigenvalue weighted by molar-refractivity contribution is 7.09. The van der Waals surface area contributed by atoms with Crippen molar-refractivity contribution in [2.45, 2.75) is 19.0 Å². The Bertz CT molecular complexity index is 857. The van der Waals surface area contributed by atoms with Gasteiger partial charge in [-0.3, -0.25) is 4.90 Å². The molecule has 0 amide bonds. The van der Waals surface area contributed by atoms with E-state index in [1.165, 1.54) is 5.56 Å². The number of rotatable bonds is 5. The minimum atomic E-state index is 0.283.